The van der Waals surface area contributed by atoms with Crippen LogP contribution in [0.25, 0.3) is 6.08 Å². The average molecular weight is 507 g/mol. The molecule has 2 N–H and O–H groups in total. The number of amides is 5. The number of para-hydroxylation sites is 1. The lowest BCUT2D eigenvalue weighted by Gasteiger charge is -2.26. The SMILES string of the molecule is COc1cccc(/C=C2\C(=O)NC(=O)N(c3ccc(F)cc3)C2=O)c1OCC(=O)Nc1ccc(F)cc1. The van der Waals surface area contributed by atoms with Crippen molar-refractivity contribution in [1.82, 2.24) is 5.32 Å². The zero-order chi connectivity index (χ0) is 26.5. The van der Waals surface area contributed by atoms with Crippen LogP contribution in [0.5, 0.6) is 11.5 Å². The number of barbiturate groups is 1. The quantitative estimate of drug-likeness (QED) is 0.373. The van der Waals surface area contributed by atoms with E-state index in [9.17, 15) is 28.0 Å². The van der Waals surface area contributed by atoms with Crippen LogP contribution >= 0.6 is 0 Å². The van der Waals surface area contributed by atoms with Crippen molar-refractivity contribution >= 4 is 41.2 Å². The number of hydrogen-bond acceptors (Lipinski definition) is 6. The topological polar surface area (TPSA) is 114 Å². The molecule has 1 aliphatic rings. The number of imide groups is 2. The summed E-state index contributed by atoms with van der Waals surface area (Å²) in [6, 6.07) is 13.4. The van der Waals surface area contributed by atoms with E-state index in [4.69, 9.17) is 9.47 Å². The molecule has 0 aliphatic carbocycles. The summed E-state index contributed by atoms with van der Waals surface area (Å²) >= 11 is 0. The monoisotopic (exact) mass is 507 g/mol. The van der Waals surface area contributed by atoms with E-state index in [1.807, 2.05) is 0 Å². The average Bonchev–Trinajstić information content (AvgIpc) is 2.87. The van der Waals surface area contributed by atoms with Crippen LogP contribution in [0.3, 0.4) is 0 Å². The number of anilines is 2. The van der Waals surface area contributed by atoms with E-state index in [-0.39, 0.29) is 22.7 Å². The van der Waals surface area contributed by atoms with Gasteiger partial charge in [-0.15, -0.1) is 0 Å². The van der Waals surface area contributed by atoms with Gasteiger partial charge in [-0.3, -0.25) is 19.7 Å². The van der Waals surface area contributed by atoms with Crippen LogP contribution in [0, 0.1) is 11.6 Å². The maximum absolute atomic E-state index is 13.3. The molecule has 1 fully saturated rings. The number of nitrogens with one attached hydrogen (secondary N) is 2. The van der Waals surface area contributed by atoms with Crippen molar-refractivity contribution < 1.29 is 37.4 Å². The molecule has 11 heteroatoms. The summed E-state index contributed by atoms with van der Waals surface area (Å²) < 4.78 is 37.4. The van der Waals surface area contributed by atoms with Gasteiger partial charge >= 0.3 is 6.03 Å². The van der Waals surface area contributed by atoms with Gasteiger partial charge in [0, 0.05) is 11.3 Å². The zero-order valence-electron chi connectivity index (χ0n) is 19.3. The summed E-state index contributed by atoms with van der Waals surface area (Å²) in [5.41, 5.74) is 0.216. The second kappa shape index (κ2) is 10.7. The zero-order valence-corrected chi connectivity index (χ0v) is 19.3. The first kappa shape index (κ1) is 25.0. The Morgan fingerprint density at radius 3 is 2.27 bits per heavy atom. The van der Waals surface area contributed by atoms with E-state index in [1.165, 1.54) is 55.7 Å². The van der Waals surface area contributed by atoms with Gasteiger partial charge in [0.2, 0.25) is 0 Å². The van der Waals surface area contributed by atoms with Gasteiger partial charge in [-0.2, -0.15) is 0 Å². The molecule has 3 aromatic carbocycles. The number of halogens is 2. The Morgan fingerprint density at radius 1 is 0.973 bits per heavy atom. The highest BCUT2D eigenvalue weighted by molar-refractivity contribution is 6.39. The molecule has 3 aromatic rings. The third-order valence-electron chi connectivity index (χ3n) is 5.19. The summed E-state index contributed by atoms with van der Waals surface area (Å²) in [7, 11) is 1.37. The number of rotatable bonds is 7. The largest absolute Gasteiger partial charge is 0.493 e. The van der Waals surface area contributed by atoms with E-state index in [1.54, 1.807) is 12.1 Å². The molecule has 0 saturated carbocycles. The summed E-state index contributed by atoms with van der Waals surface area (Å²) in [4.78, 5) is 51.1. The number of nitrogens with zero attached hydrogens (tertiary/aromatic N) is 1. The minimum Gasteiger partial charge on any atom is -0.493 e. The molecule has 188 valence electrons. The van der Waals surface area contributed by atoms with Crippen LogP contribution in [0.2, 0.25) is 0 Å². The minimum atomic E-state index is -0.988. The van der Waals surface area contributed by atoms with E-state index in [2.05, 4.69) is 10.6 Å². The van der Waals surface area contributed by atoms with Gasteiger partial charge in [0.15, 0.2) is 18.1 Å². The molecule has 0 unspecified atom stereocenters. The minimum absolute atomic E-state index is 0.0533. The predicted octanol–water partition coefficient (Wildman–Crippen LogP) is 3.66. The Bertz CT molecular complexity index is 1400. The van der Waals surface area contributed by atoms with Crippen LogP contribution in [0.15, 0.2) is 72.3 Å². The molecule has 9 nitrogen and oxygen atoms in total. The molecule has 5 amide bonds. The molecule has 37 heavy (non-hydrogen) atoms. The third-order valence-corrected chi connectivity index (χ3v) is 5.19. The fraction of sp³-hybridized carbons (Fsp3) is 0.0769. The Labute approximate surface area is 209 Å². The van der Waals surface area contributed by atoms with Gasteiger partial charge in [-0.1, -0.05) is 12.1 Å². The fourth-order valence-corrected chi connectivity index (χ4v) is 3.47. The molecule has 0 bridgehead atoms. The van der Waals surface area contributed by atoms with Crippen LogP contribution < -0.4 is 25.0 Å². The van der Waals surface area contributed by atoms with Crippen LogP contribution in [-0.2, 0) is 14.4 Å². The van der Waals surface area contributed by atoms with Crippen LogP contribution in [-0.4, -0.2) is 37.5 Å². The van der Waals surface area contributed by atoms with Crippen molar-refractivity contribution in [3.05, 3.63) is 89.5 Å². The van der Waals surface area contributed by atoms with Crippen molar-refractivity contribution in [2.75, 3.05) is 23.9 Å². The molecule has 0 atom stereocenters. The number of carbonyl (C=O) groups is 4. The number of ether oxygens (including phenoxy) is 2. The molecule has 0 radical (unpaired) electrons. The number of hydrogen-bond donors (Lipinski definition) is 2. The summed E-state index contributed by atoms with van der Waals surface area (Å²) in [5, 5.41) is 4.62. The lowest BCUT2D eigenvalue weighted by atomic mass is 10.1. The van der Waals surface area contributed by atoms with Gasteiger partial charge in [0.05, 0.1) is 12.8 Å². The smallest absolute Gasteiger partial charge is 0.335 e. The van der Waals surface area contributed by atoms with Gasteiger partial charge in [0.1, 0.15) is 17.2 Å². The maximum atomic E-state index is 13.3. The van der Waals surface area contributed by atoms with E-state index in [0.717, 1.165) is 12.1 Å². The Balaban J connectivity index is 1.61. The van der Waals surface area contributed by atoms with Crippen molar-refractivity contribution in [3.8, 4) is 11.5 Å². The second-order valence-electron chi connectivity index (χ2n) is 7.66. The van der Waals surface area contributed by atoms with E-state index >= 15 is 0 Å². The van der Waals surface area contributed by atoms with Gasteiger partial charge in [0.25, 0.3) is 17.7 Å². The number of benzene rings is 3. The molecule has 4 rings (SSSR count). The van der Waals surface area contributed by atoms with Crippen LogP contribution in [0.4, 0.5) is 25.0 Å². The molecule has 1 saturated heterocycles. The Morgan fingerprint density at radius 2 is 1.62 bits per heavy atom. The molecular weight excluding hydrogens is 488 g/mol. The first-order chi connectivity index (χ1) is 17.8. The number of carbonyl (C=O) groups excluding carboxylic acids is 4. The van der Waals surface area contributed by atoms with Crippen molar-refractivity contribution in [1.29, 1.82) is 0 Å². The lowest BCUT2D eigenvalue weighted by Crippen LogP contribution is -2.54. The van der Waals surface area contributed by atoms with Gasteiger partial charge in [-0.05, 0) is 60.7 Å². The molecule has 1 heterocycles. The highest BCUT2D eigenvalue weighted by atomic mass is 19.1. The first-order valence-electron chi connectivity index (χ1n) is 10.8. The van der Waals surface area contributed by atoms with Crippen molar-refractivity contribution in [2.24, 2.45) is 0 Å². The fourth-order valence-electron chi connectivity index (χ4n) is 3.47. The number of methoxy groups -OCH3 is 1. The normalized spacial score (nSPS) is 14.4. The molecular formula is C26H19F2N3O6. The summed E-state index contributed by atoms with van der Waals surface area (Å²) in [6.45, 7) is -0.478. The third kappa shape index (κ3) is 5.61. The van der Waals surface area contributed by atoms with E-state index < -0.39 is 47.6 Å². The van der Waals surface area contributed by atoms with Gasteiger partial charge < -0.3 is 14.8 Å². The lowest BCUT2D eigenvalue weighted by molar-refractivity contribution is -0.122. The molecule has 0 spiro atoms. The second-order valence-corrected chi connectivity index (χ2v) is 7.66. The number of urea groups is 1. The molecule has 1 aliphatic heterocycles. The predicted molar refractivity (Wildman–Crippen MR) is 129 cm³/mol. The molecule has 0 aromatic heterocycles. The first-order valence-corrected chi connectivity index (χ1v) is 10.8. The van der Waals surface area contributed by atoms with Crippen molar-refractivity contribution in [2.45, 2.75) is 0 Å². The maximum Gasteiger partial charge on any atom is 0.335 e. The van der Waals surface area contributed by atoms with Crippen LogP contribution in [0.1, 0.15) is 5.56 Å². The standard InChI is InChI=1S/C26H19F2N3O6/c1-36-21-4-2-3-15(23(21)37-14-22(32)29-18-9-5-16(27)6-10-18)13-20-24(33)30-26(35)31(25(20)34)19-11-7-17(28)8-12-19/h2-13H,14H2,1H3,(H,29,32)(H,30,33,35)/b20-13+. The summed E-state index contributed by atoms with van der Waals surface area (Å²) in [5.74, 6) is -3.21. The van der Waals surface area contributed by atoms with Crippen molar-refractivity contribution in [3.63, 3.8) is 0 Å². The highest BCUT2D eigenvalue weighted by Crippen LogP contribution is 2.33. The van der Waals surface area contributed by atoms with Gasteiger partial charge in [-0.25, -0.2) is 18.5 Å². The highest BCUT2D eigenvalue weighted by Gasteiger charge is 2.37. The summed E-state index contributed by atoms with van der Waals surface area (Å²) in [6.07, 6.45) is 1.19. The Kier molecular flexibility index (Phi) is 7.23. The Hall–Kier alpha value is -5.06. The van der Waals surface area contributed by atoms with E-state index in [0.29, 0.717) is 10.6 Å².